The molecule has 0 aromatic heterocycles. The van der Waals surface area contributed by atoms with E-state index >= 15 is 0 Å². The number of rotatable bonds is 8. The third-order valence-electron chi connectivity index (χ3n) is 1.46. The smallest absolute Gasteiger partial charge is 0.339 e. The van der Waals surface area contributed by atoms with E-state index < -0.39 is 16.8 Å². The van der Waals surface area contributed by atoms with Crippen LogP contribution in [0, 0.1) is 0 Å². The summed E-state index contributed by atoms with van der Waals surface area (Å²) in [5.41, 5.74) is 0.328. The average Bonchev–Trinajstić information content (AvgIpc) is 2.26. The van der Waals surface area contributed by atoms with E-state index in [1.54, 1.807) is 6.92 Å². The molecular weight excluding hydrogens is 271 g/mol. The predicted molar refractivity (Wildman–Crippen MR) is 63.0 cm³/mol. The van der Waals surface area contributed by atoms with Crippen LogP contribution in [0.1, 0.15) is 6.92 Å². The molecule has 0 aliphatic rings. The van der Waals surface area contributed by atoms with Crippen molar-refractivity contribution < 1.29 is 23.8 Å². The molecule has 0 saturated carbocycles. The highest BCUT2D eigenvalue weighted by Crippen LogP contribution is 2.03. The summed E-state index contributed by atoms with van der Waals surface area (Å²) < 4.78 is 14.4. The Bertz CT molecular complexity index is 278. The van der Waals surface area contributed by atoms with Gasteiger partial charge in [0.15, 0.2) is 0 Å². The molecule has 0 bridgehead atoms. The number of carbonyl (C=O) groups excluding carboxylic acids is 2. The molecular formula is C10H14Cl2O5. The number of esters is 2. The average molecular weight is 285 g/mol. The van der Waals surface area contributed by atoms with Crippen LogP contribution in [0.4, 0.5) is 0 Å². The Labute approximate surface area is 110 Å². The van der Waals surface area contributed by atoms with E-state index in [2.05, 4.69) is 11.3 Å². The van der Waals surface area contributed by atoms with Crippen LogP contribution >= 0.6 is 23.2 Å². The molecule has 0 fully saturated rings. The highest BCUT2D eigenvalue weighted by Gasteiger charge is 2.12. The van der Waals surface area contributed by atoms with E-state index in [9.17, 15) is 9.59 Å². The lowest BCUT2D eigenvalue weighted by molar-refractivity contribution is -0.143. The van der Waals surface area contributed by atoms with Gasteiger partial charge in [0.2, 0.25) is 4.84 Å². The molecule has 0 heterocycles. The number of alkyl halides is 2. The Balaban J connectivity index is 3.33. The summed E-state index contributed by atoms with van der Waals surface area (Å²) >= 11 is 10.5. The molecule has 0 aromatic carbocycles. The van der Waals surface area contributed by atoms with Crippen LogP contribution in [0.15, 0.2) is 12.2 Å². The minimum Gasteiger partial charge on any atom is -0.461 e. The van der Waals surface area contributed by atoms with Gasteiger partial charge in [-0.3, -0.25) is 0 Å². The number of ether oxygens (including phenoxy) is 3. The Morgan fingerprint density at radius 3 is 2.12 bits per heavy atom. The van der Waals surface area contributed by atoms with Gasteiger partial charge in [-0.15, -0.1) is 0 Å². The number of carbonyl (C=O) groups is 2. The maximum Gasteiger partial charge on any atom is 0.339 e. The van der Waals surface area contributed by atoms with Gasteiger partial charge >= 0.3 is 11.9 Å². The number of hydrogen-bond acceptors (Lipinski definition) is 5. The van der Waals surface area contributed by atoms with Gasteiger partial charge in [0.25, 0.3) is 0 Å². The van der Waals surface area contributed by atoms with Gasteiger partial charge in [-0.25, -0.2) is 9.59 Å². The van der Waals surface area contributed by atoms with Gasteiger partial charge in [0, 0.05) is 5.57 Å². The van der Waals surface area contributed by atoms with E-state index in [1.807, 2.05) is 0 Å². The van der Waals surface area contributed by atoms with Crippen molar-refractivity contribution in [3.63, 3.8) is 0 Å². The standard InChI is InChI=1S/C10H14Cl2O5/c1-7(2)9(13)16-5-3-15-4-6-17-10(14)8(11)12/h8H,1,3-6H2,2H3. The van der Waals surface area contributed by atoms with Gasteiger partial charge in [-0.1, -0.05) is 29.8 Å². The van der Waals surface area contributed by atoms with Crippen molar-refractivity contribution in [1.29, 1.82) is 0 Å². The summed E-state index contributed by atoms with van der Waals surface area (Å²) in [6.07, 6.45) is 0. The third kappa shape index (κ3) is 8.97. The van der Waals surface area contributed by atoms with E-state index in [0.717, 1.165) is 0 Å². The highest BCUT2D eigenvalue weighted by atomic mass is 35.5. The molecule has 0 rings (SSSR count). The van der Waals surface area contributed by atoms with E-state index in [1.165, 1.54) is 0 Å². The van der Waals surface area contributed by atoms with E-state index in [0.29, 0.717) is 5.57 Å². The fraction of sp³-hybridized carbons (Fsp3) is 0.600. The predicted octanol–water partition coefficient (Wildman–Crippen LogP) is 1.47. The summed E-state index contributed by atoms with van der Waals surface area (Å²) in [5, 5.41) is 0. The van der Waals surface area contributed by atoms with Crippen LogP contribution in [0.2, 0.25) is 0 Å². The molecule has 0 saturated heterocycles. The quantitative estimate of drug-likeness (QED) is 0.292. The van der Waals surface area contributed by atoms with Crippen LogP contribution < -0.4 is 0 Å². The van der Waals surface area contributed by atoms with Crippen LogP contribution in [0.5, 0.6) is 0 Å². The lowest BCUT2D eigenvalue weighted by Gasteiger charge is -2.07. The zero-order valence-electron chi connectivity index (χ0n) is 9.41. The first-order chi connectivity index (χ1) is 7.95. The minimum absolute atomic E-state index is 0.0448. The van der Waals surface area contributed by atoms with Gasteiger partial charge in [-0.2, -0.15) is 0 Å². The second-order valence-corrected chi connectivity index (χ2v) is 4.09. The molecule has 0 radical (unpaired) electrons. The first kappa shape index (κ1) is 16.2. The van der Waals surface area contributed by atoms with Gasteiger partial charge < -0.3 is 14.2 Å². The van der Waals surface area contributed by atoms with Gasteiger partial charge in [0.05, 0.1) is 13.2 Å². The number of halogens is 2. The lowest BCUT2D eigenvalue weighted by atomic mass is 10.4. The molecule has 0 aliphatic carbocycles. The zero-order valence-corrected chi connectivity index (χ0v) is 10.9. The van der Waals surface area contributed by atoms with Crippen LogP contribution in [0.3, 0.4) is 0 Å². The second kappa shape index (κ2) is 9.27. The molecule has 0 spiro atoms. The molecule has 17 heavy (non-hydrogen) atoms. The molecule has 0 aromatic rings. The van der Waals surface area contributed by atoms with Crippen LogP contribution in [-0.4, -0.2) is 43.2 Å². The summed E-state index contributed by atoms with van der Waals surface area (Å²) in [7, 11) is 0. The zero-order chi connectivity index (χ0) is 13.3. The highest BCUT2D eigenvalue weighted by molar-refractivity contribution is 6.52. The normalized spacial score (nSPS) is 10.1. The molecule has 0 N–H and O–H groups in total. The summed E-state index contributed by atoms with van der Waals surface area (Å²) in [4.78, 5) is 20.5. The monoisotopic (exact) mass is 284 g/mol. The fourth-order valence-corrected chi connectivity index (χ4v) is 0.809. The minimum atomic E-state index is -1.19. The van der Waals surface area contributed by atoms with Crippen LogP contribution in [0.25, 0.3) is 0 Å². The summed E-state index contributed by atoms with van der Waals surface area (Å²) in [6.45, 7) is 5.53. The molecule has 98 valence electrons. The summed E-state index contributed by atoms with van der Waals surface area (Å²) in [5.74, 6) is -1.18. The molecule has 0 aliphatic heterocycles. The van der Waals surface area contributed by atoms with E-state index in [-0.39, 0.29) is 26.4 Å². The Hall–Kier alpha value is -0.780. The maximum atomic E-state index is 10.9. The first-order valence-corrected chi connectivity index (χ1v) is 5.67. The maximum absolute atomic E-state index is 10.9. The third-order valence-corrected chi connectivity index (χ3v) is 1.82. The number of hydrogen-bond donors (Lipinski definition) is 0. The molecule has 0 atom stereocenters. The molecule has 5 nitrogen and oxygen atoms in total. The Kier molecular flexibility index (Phi) is 8.85. The second-order valence-electron chi connectivity index (χ2n) is 3.00. The van der Waals surface area contributed by atoms with Crippen molar-refractivity contribution in [3.8, 4) is 0 Å². The molecule has 0 amide bonds. The SMILES string of the molecule is C=C(C)C(=O)OCCOCCOC(=O)C(Cl)Cl. The lowest BCUT2D eigenvalue weighted by Crippen LogP contribution is -2.17. The van der Waals surface area contributed by atoms with Crippen molar-refractivity contribution in [3.05, 3.63) is 12.2 Å². The van der Waals surface area contributed by atoms with Gasteiger partial charge in [0.1, 0.15) is 13.2 Å². The first-order valence-electron chi connectivity index (χ1n) is 4.80. The van der Waals surface area contributed by atoms with Crippen LogP contribution in [-0.2, 0) is 23.8 Å². The van der Waals surface area contributed by atoms with Crippen molar-refractivity contribution in [2.45, 2.75) is 11.8 Å². The fourth-order valence-electron chi connectivity index (χ4n) is 0.683. The molecule has 7 heteroatoms. The van der Waals surface area contributed by atoms with Crippen molar-refractivity contribution >= 4 is 35.1 Å². The van der Waals surface area contributed by atoms with Crippen molar-refractivity contribution in [2.24, 2.45) is 0 Å². The largest absolute Gasteiger partial charge is 0.461 e. The summed E-state index contributed by atoms with van der Waals surface area (Å²) in [6, 6.07) is 0. The van der Waals surface area contributed by atoms with Gasteiger partial charge in [-0.05, 0) is 6.92 Å². The van der Waals surface area contributed by atoms with Crippen molar-refractivity contribution in [2.75, 3.05) is 26.4 Å². The Morgan fingerprint density at radius 1 is 1.12 bits per heavy atom. The van der Waals surface area contributed by atoms with Crippen molar-refractivity contribution in [1.82, 2.24) is 0 Å². The van der Waals surface area contributed by atoms with E-state index in [4.69, 9.17) is 32.7 Å². The Morgan fingerprint density at radius 2 is 1.65 bits per heavy atom. The molecule has 0 unspecified atom stereocenters. The topological polar surface area (TPSA) is 61.8 Å².